The third-order valence-corrected chi connectivity index (χ3v) is 4.71. The molecule has 0 radical (unpaired) electrons. The Morgan fingerprint density at radius 1 is 1.15 bits per heavy atom. The quantitative estimate of drug-likeness (QED) is 0.765. The van der Waals surface area contributed by atoms with Crippen LogP contribution in [0.15, 0.2) is 53.0 Å². The van der Waals surface area contributed by atoms with Crippen molar-refractivity contribution in [2.24, 2.45) is 0 Å². The van der Waals surface area contributed by atoms with Gasteiger partial charge in [0.05, 0.1) is 0 Å². The van der Waals surface area contributed by atoms with E-state index in [-0.39, 0.29) is 0 Å². The second-order valence-electron chi connectivity index (χ2n) is 5.47. The lowest BCUT2D eigenvalue weighted by Crippen LogP contribution is -2.20. The Labute approximate surface area is 129 Å². The number of benzene rings is 2. The predicted octanol–water partition coefficient (Wildman–Crippen LogP) is 5.01. The van der Waals surface area contributed by atoms with E-state index in [4.69, 9.17) is 0 Å². The minimum Gasteiger partial charge on any atom is -0.371 e. The van der Waals surface area contributed by atoms with Gasteiger partial charge in [0, 0.05) is 29.2 Å². The van der Waals surface area contributed by atoms with Gasteiger partial charge in [0.25, 0.3) is 0 Å². The van der Waals surface area contributed by atoms with Crippen molar-refractivity contribution in [1.29, 1.82) is 0 Å². The van der Waals surface area contributed by atoms with Crippen LogP contribution in [0.5, 0.6) is 0 Å². The van der Waals surface area contributed by atoms with Gasteiger partial charge in [0.1, 0.15) is 0 Å². The molecule has 1 nitrogen and oxygen atoms in total. The van der Waals surface area contributed by atoms with E-state index in [9.17, 15) is 0 Å². The van der Waals surface area contributed by atoms with Crippen LogP contribution in [0.2, 0.25) is 0 Å². The molecule has 1 unspecified atom stereocenters. The van der Waals surface area contributed by atoms with Crippen molar-refractivity contribution in [1.82, 2.24) is 0 Å². The van der Waals surface area contributed by atoms with Crippen molar-refractivity contribution < 1.29 is 0 Å². The maximum atomic E-state index is 3.58. The molecule has 2 aromatic carbocycles. The van der Waals surface area contributed by atoms with Crippen molar-refractivity contribution in [3.8, 4) is 0 Å². The first-order valence-corrected chi connectivity index (χ1v) is 8.15. The van der Waals surface area contributed by atoms with Gasteiger partial charge in [-0.1, -0.05) is 53.2 Å². The molecule has 0 amide bonds. The molecule has 0 N–H and O–H groups in total. The zero-order valence-electron chi connectivity index (χ0n) is 11.8. The van der Waals surface area contributed by atoms with Crippen LogP contribution in [-0.2, 0) is 6.42 Å². The molecule has 2 aromatic rings. The lowest BCUT2D eigenvalue weighted by atomic mass is 9.99. The molecule has 0 aliphatic carbocycles. The van der Waals surface area contributed by atoms with Gasteiger partial charge in [-0.3, -0.25) is 0 Å². The largest absolute Gasteiger partial charge is 0.371 e. The molecule has 104 valence electrons. The smallest absolute Gasteiger partial charge is 0.0398 e. The number of halogens is 1. The molecule has 1 aliphatic rings. The Balaban J connectivity index is 1.80. The second-order valence-corrected chi connectivity index (χ2v) is 6.38. The standard InChI is InChI=1S/C18H20BrN/c1-2-14-6-3-4-9-18(14)20-11-10-16(13-20)15-7-5-8-17(19)12-15/h3-9,12,16H,2,10-11,13H2,1H3. The number of hydrogen-bond donors (Lipinski definition) is 0. The monoisotopic (exact) mass is 329 g/mol. The Bertz CT molecular complexity index is 593. The molecule has 1 heterocycles. The van der Waals surface area contributed by atoms with Gasteiger partial charge in [-0.05, 0) is 42.2 Å². The van der Waals surface area contributed by atoms with Gasteiger partial charge < -0.3 is 4.90 Å². The average Bonchev–Trinajstić information content (AvgIpc) is 2.97. The molecule has 20 heavy (non-hydrogen) atoms. The topological polar surface area (TPSA) is 3.24 Å². The Hall–Kier alpha value is -1.28. The highest BCUT2D eigenvalue weighted by Crippen LogP contribution is 2.33. The zero-order chi connectivity index (χ0) is 13.9. The predicted molar refractivity (Wildman–Crippen MR) is 89.5 cm³/mol. The molecule has 0 saturated carbocycles. The maximum Gasteiger partial charge on any atom is 0.0398 e. The van der Waals surface area contributed by atoms with E-state index in [0.29, 0.717) is 5.92 Å². The second kappa shape index (κ2) is 6.01. The molecule has 0 bridgehead atoms. The first-order valence-electron chi connectivity index (χ1n) is 7.36. The number of anilines is 1. The third-order valence-electron chi connectivity index (χ3n) is 4.22. The molecule has 2 heteroatoms. The summed E-state index contributed by atoms with van der Waals surface area (Å²) in [5.41, 5.74) is 4.34. The van der Waals surface area contributed by atoms with Crippen molar-refractivity contribution in [2.75, 3.05) is 18.0 Å². The van der Waals surface area contributed by atoms with Crippen LogP contribution in [0.3, 0.4) is 0 Å². The van der Waals surface area contributed by atoms with Gasteiger partial charge in [-0.15, -0.1) is 0 Å². The number of nitrogens with zero attached hydrogens (tertiary/aromatic N) is 1. The molecular formula is C18H20BrN. The molecule has 0 spiro atoms. The molecule has 1 fully saturated rings. The number of aryl methyl sites for hydroxylation is 1. The van der Waals surface area contributed by atoms with Crippen LogP contribution in [0.25, 0.3) is 0 Å². The summed E-state index contributed by atoms with van der Waals surface area (Å²) in [6.45, 7) is 4.53. The van der Waals surface area contributed by atoms with Crippen LogP contribution < -0.4 is 4.90 Å². The van der Waals surface area contributed by atoms with Crippen molar-refractivity contribution in [3.63, 3.8) is 0 Å². The Morgan fingerprint density at radius 3 is 2.80 bits per heavy atom. The number of para-hydroxylation sites is 1. The van der Waals surface area contributed by atoms with Crippen LogP contribution in [-0.4, -0.2) is 13.1 Å². The van der Waals surface area contributed by atoms with Crippen molar-refractivity contribution >= 4 is 21.6 Å². The molecule has 1 atom stereocenters. The summed E-state index contributed by atoms with van der Waals surface area (Å²) in [6, 6.07) is 17.6. The normalized spacial score (nSPS) is 18.5. The summed E-state index contributed by atoms with van der Waals surface area (Å²) >= 11 is 3.58. The highest BCUT2D eigenvalue weighted by Gasteiger charge is 2.25. The number of hydrogen-bond acceptors (Lipinski definition) is 1. The lowest BCUT2D eigenvalue weighted by molar-refractivity contribution is 0.774. The van der Waals surface area contributed by atoms with Crippen LogP contribution in [0.4, 0.5) is 5.69 Å². The SMILES string of the molecule is CCc1ccccc1N1CCC(c2cccc(Br)c2)C1. The van der Waals surface area contributed by atoms with Crippen LogP contribution in [0.1, 0.15) is 30.4 Å². The van der Waals surface area contributed by atoms with E-state index in [1.807, 2.05) is 0 Å². The summed E-state index contributed by atoms with van der Waals surface area (Å²) in [6.07, 6.45) is 2.35. The van der Waals surface area contributed by atoms with Crippen molar-refractivity contribution in [3.05, 3.63) is 64.1 Å². The van der Waals surface area contributed by atoms with E-state index in [1.54, 1.807) is 0 Å². The minimum atomic E-state index is 0.650. The Morgan fingerprint density at radius 2 is 2.00 bits per heavy atom. The van der Waals surface area contributed by atoms with Gasteiger partial charge in [-0.25, -0.2) is 0 Å². The van der Waals surface area contributed by atoms with Crippen LogP contribution >= 0.6 is 15.9 Å². The first kappa shape index (κ1) is 13.7. The van der Waals surface area contributed by atoms with Crippen LogP contribution in [0, 0.1) is 0 Å². The summed E-state index contributed by atoms with van der Waals surface area (Å²) in [7, 11) is 0. The lowest BCUT2D eigenvalue weighted by Gasteiger charge is -2.22. The van der Waals surface area contributed by atoms with Gasteiger partial charge in [0.2, 0.25) is 0 Å². The van der Waals surface area contributed by atoms with Gasteiger partial charge in [-0.2, -0.15) is 0 Å². The third kappa shape index (κ3) is 2.76. The fraction of sp³-hybridized carbons (Fsp3) is 0.333. The summed E-state index contributed by atoms with van der Waals surface area (Å²) < 4.78 is 1.18. The average molecular weight is 330 g/mol. The molecular weight excluding hydrogens is 310 g/mol. The molecule has 0 aromatic heterocycles. The van der Waals surface area contributed by atoms with Gasteiger partial charge in [0.15, 0.2) is 0 Å². The highest BCUT2D eigenvalue weighted by atomic mass is 79.9. The summed E-state index contributed by atoms with van der Waals surface area (Å²) in [4.78, 5) is 2.55. The minimum absolute atomic E-state index is 0.650. The highest BCUT2D eigenvalue weighted by molar-refractivity contribution is 9.10. The molecule has 1 aliphatic heterocycles. The summed E-state index contributed by atoms with van der Waals surface area (Å²) in [5, 5.41) is 0. The van der Waals surface area contributed by atoms with E-state index < -0.39 is 0 Å². The van der Waals surface area contributed by atoms with E-state index >= 15 is 0 Å². The van der Waals surface area contributed by atoms with E-state index in [2.05, 4.69) is 76.3 Å². The fourth-order valence-electron chi connectivity index (χ4n) is 3.13. The zero-order valence-corrected chi connectivity index (χ0v) is 13.4. The van der Waals surface area contributed by atoms with E-state index in [0.717, 1.165) is 19.5 Å². The van der Waals surface area contributed by atoms with Gasteiger partial charge >= 0.3 is 0 Å². The molecule has 1 saturated heterocycles. The molecule has 3 rings (SSSR count). The number of rotatable bonds is 3. The summed E-state index contributed by atoms with van der Waals surface area (Å²) in [5.74, 6) is 0.650. The van der Waals surface area contributed by atoms with Crippen molar-refractivity contribution in [2.45, 2.75) is 25.7 Å². The fourth-order valence-corrected chi connectivity index (χ4v) is 3.55. The maximum absolute atomic E-state index is 3.58. The first-order chi connectivity index (χ1) is 9.78. The Kier molecular flexibility index (Phi) is 4.11. The van der Waals surface area contributed by atoms with E-state index in [1.165, 1.54) is 27.7 Å².